The zero-order valence-electron chi connectivity index (χ0n) is 20.2. The molecule has 36 heavy (non-hydrogen) atoms. The molecule has 7 nitrogen and oxygen atoms in total. The molecule has 3 aromatic carbocycles. The van der Waals surface area contributed by atoms with Crippen LogP contribution in [0, 0.1) is 31.0 Å². The van der Waals surface area contributed by atoms with Crippen LogP contribution in [0.1, 0.15) is 23.6 Å². The summed E-state index contributed by atoms with van der Waals surface area (Å²) in [6.07, 6.45) is 1.40. The monoisotopic (exact) mass is 487 g/mol. The highest BCUT2D eigenvalue weighted by atomic mass is 19.1. The molecular weight excluding hydrogens is 461 g/mol. The van der Waals surface area contributed by atoms with Crippen molar-refractivity contribution in [2.45, 2.75) is 20.8 Å². The number of nitriles is 1. The van der Waals surface area contributed by atoms with Crippen molar-refractivity contribution < 1.29 is 23.5 Å². The van der Waals surface area contributed by atoms with Crippen molar-refractivity contribution in [3.8, 4) is 17.6 Å². The minimum Gasteiger partial charge on any atom is -0.490 e. The number of carbonyl (C=O) groups is 2. The zero-order valence-corrected chi connectivity index (χ0v) is 20.2. The number of ether oxygens (including phenoxy) is 2. The highest BCUT2D eigenvalue weighted by Crippen LogP contribution is 2.29. The maximum Gasteiger partial charge on any atom is 0.266 e. The quantitative estimate of drug-likeness (QED) is 0.311. The van der Waals surface area contributed by atoms with E-state index in [1.54, 1.807) is 25.1 Å². The van der Waals surface area contributed by atoms with Crippen molar-refractivity contribution in [2.24, 2.45) is 0 Å². The van der Waals surface area contributed by atoms with Crippen LogP contribution in [0.15, 0.2) is 66.2 Å². The lowest BCUT2D eigenvalue weighted by molar-refractivity contribution is -0.118. The lowest BCUT2D eigenvalue weighted by Gasteiger charge is -2.13. The van der Waals surface area contributed by atoms with Crippen molar-refractivity contribution in [1.29, 1.82) is 5.26 Å². The van der Waals surface area contributed by atoms with Gasteiger partial charge >= 0.3 is 0 Å². The minimum atomic E-state index is -0.634. The van der Waals surface area contributed by atoms with Crippen molar-refractivity contribution in [3.63, 3.8) is 0 Å². The van der Waals surface area contributed by atoms with Gasteiger partial charge in [0.05, 0.1) is 6.61 Å². The molecule has 0 aliphatic carbocycles. The highest BCUT2D eigenvalue weighted by Gasteiger charge is 2.13. The van der Waals surface area contributed by atoms with Gasteiger partial charge in [0.15, 0.2) is 18.1 Å². The maximum absolute atomic E-state index is 13.1. The molecule has 0 bridgehead atoms. The van der Waals surface area contributed by atoms with Crippen molar-refractivity contribution in [2.75, 3.05) is 23.8 Å². The van der Waals surface area contributed by atoms with E-state index in [0.717, 1.165) is 11.1 Å². The first kappa shape index (κ1) is 26.0. The summed E-state index contributed by atoms with van der Waals surface area (Å²) in [7, 11) is 0. The van der Waals surface area contributed by atoms with E-state index >= 15 is 0 Å². The lowest BCUT2D eigenvalue weighted by atomic mass is 10.1. The number of nitrogens with zero attached hydrogens (tertiary/aromatic N) is 1. The molecule has 0 aliphatic rings. The van der Waals surface area contributed by atoms with Crippen molar-refractivity contribution >= 4 is 29.3 Å². The summed E-state index contributed by atoms with van der Waals surface area (Å²) in [5.41, 5.74) is 3.62. The van der Waals surface area contributed by atoms with Gasteiger partial charge < -0.3 is 20.1 Å². The Kier molecular flexibility index (Phi) is 8.79. The van der Waals surface area contributed by atoms with E-state index in [4.69, 9.17) is 9.47 Å². The van der Waals surface area contributed by atoms with Crippen molar-refractivity contribution in [3.05, 3.63) is 88.7 Å². The zero-order chi connectivity index (χ0) is 26.1. The van der Waals surface area contributed by atoms with E-state index in [9.17, 15) is 19.2 Å². The molecular formula is C28H26FN3O4. The Morgan fingerprint density at radius 1 is 0.917 bits per heavy atom. The first-order valence-electron chi connectivity index (χ1n) is 11.2. The molecule has 8 heteroatoms. The third kappa shape index (κ3) is 7.18. The molecule has 0 aromatic heterocycles. The molecule has 0 saturated heterocycles. The summed E-state index contributed by atoms with van der Waals surface area (Å²) in [6.45, 7) is 5.88. The molecule has 0 unspecified atom stereocenters. The fraction of sp³-hybridized carbons (Fsp3) is 0.179. The number of halogens is 1. The smallest absolute Gasteiger partial charge is 0.266 e. The third-order valence-corrected chi connectivity index (χ3v) is 5.20. The number of hydrogen-bond acceptors (Lipinski definition) is 5. The fourth-order valence-electron chi connectivity index (χ4n) is 3.21. The Bertz CT molecular complexity index is 1330. The van der Waals surface area contributed by atoms with Crippen LogP contribution in [0.2, 0.25) is 0 Å². The van der Waals surface area contributed by atoms with Crippen LogP contribution >= 0.6 is 0 Å². The predicted octanol–water partition coefficient (Wildman–Crippen LogP) is 5.40. The second-order valence-corrected chi connectivity index (χ2v) is 7.91. The van der Waals surface area contributed by atoms with Gasteiger partial charge in [0, 0.05) is 11.4 Å². The average molecular weight is 488 g/mol. The molecule has 0 radical (unpaired) electrons. The van der Waals surface area contributed by atoms with E-state index in [1.165, 1.54) is 30.3 Å². The topological polar surface area (TPSA) is 100 Å². The average Bonchev–Trinajstić information content (AvgIpc) is 2.85. The molecule has 0 fully saturated rings. The molecule has 0 heterocycles. The summed E-state index contributed by atoms with van der Waals surface area (Å²) < 4.78 is 24.4. The van der Waals surface area contributed by atoms with Gasteiger partial charge in [-0.1, -0.05) is 12.1 Å². The van der Waals surface area contributed by atoms with E-state index in [0.29, 0.717) is 35.0 Å². The first-order chi connectivity index (χ1) is 17.3. The number of carbonyl (C=O) groups excluding carboxylic acids is 2. The third-order valence-electron chi connectivity index (χ3n) is 5.20. The molecule has 184 valence electrons. The predicted molar refractivity (Wildman–Crippen MR) is 136 cm³/mol. The van der Waals surface area contributed by atoms with Gasteiger partial charge in [-0.3, -0.25) is 9.59 Å². The van der Waals surface area contributed by atoms with Gasteiger partial charge in [-0.2, -0.15) is 5.26 Å². The Balaban J connectivity index is 1.70. The van der Waals surface area contributed by atoms with Gasteiger partial charge in [-0.25, -0.2) is 4.39 Å². The van der Waals surface area contributed by atoms with Crippen LogP contribution < -0.4 is 20.1 Å². The van der Waals surface area contributed by atoms with Crippen LogP contribution in [0.4, 0.5) is 15.8 Å². The summed E-state index contributed by atoms with van der Waals surface area (Å²) in [5.74, 6) is -0.683. The molecule has 3 rings (SSSR count). The number of aryl methyl sites for hydroxylation is 2. The molecule has 0 atom stereocenters. The largest absolute Gasteiger partial charge is 0.490 e. The number of amides is 2. The van der Waals surface area contributed by atoms with E-state index in [-0.39, 0.29) is 18.1 Å². The Morgan fingerprint density at radius 3 is 2.31 bits per heavy atom. The minimum absolute atomic E-state index is 0.150. The number of nitrogens with one attached hydrogen (secondary N) is 2. The lowest BCUT2D eigenvalue weighted by Crippen LogP contribution is -2.20. The molecule has 2 amide bonds. The van der Waals surface area contributed by atoms with Crippen LogP contribution in [0.25, 0.3) is 6.08 Å². The summed E-state index contributed by atoms with van der Waals surface area (Å²) in [5, 5.41) is 14.8. The number of rotatable bonds is 9. The molecule has 0 spiro atoms. The molecule has 3 aromatic rings. The normalized spacial score (nSPS) is 10.8. The second kappa shape index (κ2) is 12.2. The Labute approximate surface area is 209 Å². The standard InChI is InChI=1S/C28H26FN3O4/c1-4-35-26-15-20(14-21(16-30)28(34)32-23-10-7-22(29)8-11-23)6-12-25(26)36-17-27(33)31-24-9-5-18(2)19(3)13-24/h5-15H,4,17H2,1-3H3,(H,31,33)(H,32,34)/b21-14+. The van der Waals surface area contributed by atoms with Crippen molar-refractivity contribution in [1.82, 2.24) is 0 Å². The molecule has 2 N–H and O–H groups in total. The number of hydrogen-bond donors (Lipinski definition) is 2. The van der Waals surface area contributed by atoms with E-state index in [1.807, 2.05) is 38.1 Å². The van der Waals surface area contributed by atoms with Crippen LogP contribution in [-0.2, 0) is 9.59 Å². The van der Waals surface area contributed by atoms with Crippen LogP contribution in [-0.4, -0.2) is 25.0 Å². The van der Waals surface area contributed by atoms with Crippen LogP contribution in [0.3, 0.4) is 0 Å². The first-order valence-corrected chi connectivity index (χ1v) is 11.2. The van der Waals surface area contributed by atoms with E-state index in [2.05, 4.69) is 10.6 Å². The van der Waals surface area contributed by atoms with Gasteiger partial charge in [0.25, 0.3) is 11.8 Å². The van der Waals surface area contributed by atoms with Gasteiger partial charge in [0.1, 0.15) is 17.5 Å². The summed E-state index contributed by atoms with van der Waals surface area (Å²) in [6, 6.07) is 17.6. The van der Waals surface area contributed by atoms with E-state index < -0.39 is 11.7 Å². The summed E-state index contributed by atoms with van der Waals surface area (Å²) >= 11 is 0. The summed E-state index contributed by atoms with van der Waals surface area (Å²) in [4.78, 5) is 24.8. The maximum atomic E-state index is 13.1. The van der Waals surface area contributed by atoms with Crippen LogP contribution in [0.5, 0.6) is 11.5 Å². The highest BCUT2D eigenvalue weighted by molar-refractivity contribution is 6.09. The number of benzene rings is 3. The SMILES string of the molecule is CCOc1cc(/C=C(\C#N)C(=O)Nc2ccc(F)cc2)ccc1OCC(=O)Nc1ccc(C)c(C)c1. The number of anilines is 2. The fourth-order valence-corrected chi connectivity index (χ4v) is 3.21. The molecule has 0 aliphatic heterocycles. The Morgan fingerprint density at radius 2 is 1.64 bits per heavy atom. The van der Waals surface area contributed by atoms with Gasteiger partial charge in [-0.15, -0.1) is 0 Å². The molecule has 0 saturated carbocycles. The van der Waals surface area contributed by atoms with Gasteiger partial charge in [0.2, 0.25) is 0 Å². The second-order valence-electron chi connectivity index (χ2n) is 7.91. The Hall–Kier alpha value is -4.64. The van der Waals surface area contributed by atoms with Gasteiger partial charge in [-0.05, 0) is 92.1 Å².